The summed E-state index contributed by atoms with van der Waals surface area (Å²) in [6.07, 6.45) is 0. The van der Waals surface area contributed by atoms with Gasteiger partial charge < -0.3 is 5.73 Å². The number of benzene rings is 2. The maximum Gasteiger partial charge on any atom is 0.238 e. The van der Waals surface area contributed by atoms with Crippen molar-refractivity contribution in [2.75, 3.05) is 5.73 Å². The van der Waals surface area contributed by atoms with Crippen molar-refractivity contribution in [3.63, 3.8) is 0 Å². The van der Waals surface area contributed by atoms with Crippen LogP contribution >= 0.6 is 0 Å². The molecule has 0 bridgehead atoms. The number of nitrogens with two attached hydrogens (primary N) is 2. The van der Waals surface area contributed by atoms with E-state index in [2.05, 4.69) is 0 Å². The molecule has 2 rings (SSSR count). The van der Waals surface area contributed by atoms with E-state index in [0.717, 1.165) is 0 Å². The zero-order valence-corrected chi connectivity index (χ0v) is 10.1. The van der Waals surface area contributed by atoms with Gasteiger partial charge >= 0.3 is 0 Å². The minimum Gasteiger partial charge on any atom is -0.396 e. The number of halogens is 1. The van der Waals surface area contributed by atoms with E-state index in [1.807, 2.05) is 0 Å². The lowest BCUT2D eigenvalue weighted by Gasteiger charge is -2.08. The lowest BCUT2D eigenvalue weighted by atomic mass is 10.1. The SMILES string of the molecule is Nc1ccc(-c2ccccc2S(N)(=O)=O)cc1F. The highest BCUT2D eigenvalue weighted by Gasteiger charge is 2.15. The largest absolute Gasteiger partial charge is 0.396 e. The number of rotatable bonds is 2. The number of primary sulfonamides is 1. The standard InChI is InChI=1S/C12H11FN2O2S/c13-10-7-8(5-6-11(10)14)9-3-1-2-4-12(9)18(15,16)17/h1-7H,14H2,(H2,15,16,17). The first-order valence-electron chi connectivity index (χ1n) is 5.07. The molecule has 0 spiro atoms. The average molecular weight is 266 g/mol. The Hall–Kier alpha value is -1.92. The van der Waals surface area contributed by atoms with Crippen LogP contribution in [0.4, 0.5) is 10.1 Å². The van der Waals surface area contributed by atoms with Gasteiger partial charge in [0.15, 0.2) is 0 Å². The molecule has 0 unspecified atom stereocenters. The van der Waals surface area contributed by atoms with Crippen LogP contribution in [-0.4, -0.2) is 8.42 Å². The molecule has 0 aliphatic heterocycles. The van der Waals surface area contributed by atoms with Crippen LogP contribution in [0, 0.1) is 5.82 Å². The monoisotopic (exact) mass is 266 g/mol. The third-order valence-electron chi connectivity index (χ3n) is 2.51. The summed E-state index contributed by atoms with van der Waals surface area (Å²) in [5.41, 5.74) is 6.13. The summed E-state index contributed by atoms with van der Waals surface area (Å²) < 4.78 is 36.3. The fourth-order valence-corrected chi connectivity index (χ4v) is 2.41. The van der Waals surface area contributed by atoms with E-state index >= 15 is 0 Å². The van der Waals surface area contributed by atoms with Gasteiger partial charge in [-0.2, -0.15) is 0 Å². The Kier molecular flexibility index (Phi) is 3.06. The van der Waals surface area contributed by atoms with Crippen molar-refractivity contribution in [1.82, 2.24) is 0 Å². The molecule has 0 heterocycles. The maximum absolute atomic E-state index is 13.4. The molecule has 0 saturated carbocycles. The predicted octanol–water partition coefficient (Wildman–Crippen LogP) is 1.72. The second kappa shape index (κ2) is 4.40. The summed E-state index contributed by atoms with van der Waals surface area (Å²) in [7, 11) is -3.86. The van der Waals surface area contributed by atoms with Crippen LogP contribution in [-0.2, 0) is 10.0 Å². The van der Waals surface area contributed by atoms with Gasteiger partial charge in [0.1, 0.15) is 5.82 Å². The third kappa shape index (κ3) is 2.34. The van der Waals surface area contributed by atoms with Crippen molar-refractivity contribution in [3.8, 4) is 11.1 Å². The molecule has 0 fully saturated rings. The minimum atomic E-state index is -3.86. The number of hydrogen-bond donors (Lipinski definition) is 2. The van der Waals surface area contributed by atoms with Crippen LogP contribution in [0.15, 0.2) is 47.4 Å². The lowest BCUT2D eigenvalue weighted by molar-refractivity contribution is 0.598. The lowest BCUT2D eigenvalue weighted by Crippen LogP contribution is -2.13. The van der Waals surface area contributed by atoms with Gasteiger partial charge in [0.25, 0.3) is 0 Å². The molecule has 0 aliphatic rings. The minimum absolute atomic E-state index is 0.00633. The molecule has 4 nitrogen and oxygen atoms in total. The average Bonchev–Trinajstić information content (AvgIpc) is 2.32. The van der Waals surface area contributed by atoms with Crippen molar-refractivity contribution >= 4 is 15.7 Å². The number of sulfonamides is 1. The highest BCUT2D eigenvalue weighted by molar-refractivity contribution is 7.89. The quantitative estimate of drug-likeness (QED) is 0.811. The van der Waals surface area contributed by atoms with E-state index in [9.17, 15) is 12.8 Å². The molecular weight excluding hydrogens is 255 g/mol. The third-order valence-corrected chi connectivity index (χ3v) is 3.47. The molecule has 0 amide bonds. The fourth-order valence-electron chi connectivity index (χ4n) is 1.65. The van der Waals surface area contributed by atoms with E-state index in [1.54, 1.807) is 24.3 Å². The molecule has 0 aliphatic carbocycles. The van der Waals surface area contributed by atoms with E-state index in [-0.39, 0.29) is 10.6 Å². The van der Waals surface area contributed by atoms with Gasteiger partial charge in [0.05, 0.1) is 10.6 Å². The van der Waals surface area contributed by atoms with Gasteiger partial charge in [-0.25, -0.2) is 17.9 Å². The van der Waals surface area contributed by atoms with E-state index in [0.29, 0.717) is 11.1 Å². The molecule has 18 heavy (non-hydrogen) atoms. The first kappa shape index (κ1) is 12.5. The Morgan fingerprint density at radius 2 is 1.72 bits per heavy atom. The van der Waals surface area contributed by atoms with Gasteiger partial charge in [0.2, 0.25) is 10.0 Å². The van der Waals surface area contributed by atoms with Crippen molar-refractivity contribution < 1.29 is 12.8 Å². The molecule has 0 saturated heterocycles. The van der Waals surface area contributed by atoms with E-state index in [1.165, 1.54) is 18.2 Å². The fraction of sp³-hybridized carbons (Fsp3) is 0. The maximum atomic E-state index is 13.4. The van der Waals surface area contributed by atoms with Gasteiger partial charge in [-0.05, 0) is 23.8 Å². The van der Waals surface area contributed by atoms with Crippen LogP contribution in [0.1, 0.15) is 0 Å². The highest BCUT2D eigenvalue weighted by atomic mass is 32.2. The Labute approximate surface area is 104 Å². The molecule has 0 atom stereocenters. The molecule has 2 aromatic carbocycles. The number of anilines is 1. The molecule has 6 heteroatoms. The summed E-state index contributed by atoms with van der Waals surface area (Å²) in [5.74, 6) is -0.600. The Balaban J connectivity index is 2.68. The zero-order valence-electron chi connectivity index (χ0n) is 9.30. The molecule has 94 valence electrons. The van der Waals surface area contributed by atoms with Crippen molar-refractivity contribution in [1.29, 1.82) is 0 Å². The van der Waals surface area contributed by atoms with Crippen LogP contribution < -0.4 is 10.9 Å². The number of nitrogen functional groups attached to an aromatic ring is 1. The Morgan fingerprint density at radius 3 is 2.33 bits per heavy atom. The summed E-state index contributed by atoms with van der Waals surface area (Å²) in [4.78, 5) is -0.0471. The van der Waals surface area contributed by atoms with Gasteiger partial charge in [-0.15, -0.1) is 0 Å². The van der Waals surface area contributed by atoms with E-state index in [4.69, 9.17) is 10.9 Å². The summed E-state index contributed by atoms with van der Waals surface area (Å²) in [5, 5.41) is 5.12. The van der Waals surface area contributed by atoms with E-state index < -0.39 is 15.8 Å². The van der Waals surface area contributed by atoms with Gasteiger partial charge in [0, 0.05) is 5.56 Å². The molecule has 4 N–H and O–H groups in total. The second-order valence-corrected chi connectivity index (χ2v) is 5.31. The zero-order chi connectivity index (χ0) is 13.3. The normalized spacial score (nSPS) is 11.4. The van der Waals surface area contributed by atoms with Crippen LogP contribution in [0.3, 0.4) is 0 Å². The van der Waals surface area contributed by atoms with Crippen molar-refractivity contribution in [3.05, 3.63) is 48.3 Å². The van der Waals surface area contributed by atoms with Crippen molar-refractivity contribution in [2.45, 2.75) is 4.90 Å². The topological polar surface area (TPSA) is 86.2 Å². The van der Waals surface area contributed by atoms with Gasteiger partial charge in [-0.1, -0.05) is 24.3 Å². The van der Waals surface area contributed by atoms with Crippen LogP contribution in [0.25, 0.3) is 11.1 Å². The first-order chi connectivity index (χ1) is 8.39. The molecular formula is C12H11FN2O2S. The van der Waals surface area contributed by atoms with Crippen LogP contribution in [0.2, 0.25) is 0 Å². The second-order valence-electron chi connectivity index (χ2n) is 3.78. The number of hydrogen-bond acceptors (Lipinski definition) is 3. The Bertz CT molecular complexity index is 699. The first-order valence-corrected chi connectivity index (χ1v) is 6.61. The summed E-state index contributed by atoms with van der Waals surface area (Å²) in [6, 6.07) is 10.2. The molecule has 2 aromatic rings. The van der Waals surface area contributed by atoms with Gasteiger partial charge in [-0.3, -0.25) is 0 Å². The molecule has 0 aromatic heterocycles. The summed E-state index contributed by atoms with van der Waals surface area (Å²) >= 11 is 0. The Morgan fingerprint density at radius 1 is 1.06 bits per heavy atom. The summed E-state index contributed by atoms with van der Waals surface area (Å²) in [6.45, 7) is 0. The predicted molar refractivity (Wildman–Crippen MR) is 67.6 cm³/mol. The van der Waals surface area contributed by atoms with Crippen molar-refractivity contribution in [2.24, 2.45) is 5.14 Å². The highest BCUT2D eigenvalue weighted by Crippen LogP contribution is 2.28. The van der Waals surface area contributed by atoms with Crippen LogP contribution in [0.5, 0.6) is 0 Å². The molecule has 0 radical (unpaired) electrons. The smallest absolute Gasteiger partial charge is 0.238 e.